The van der Waals surface area contributed by atoms with E-state index in [1.54, 1.807) is 24.3 Å². The van der Waals surface area contributed by atoms with Gasteiger partial charge in [0.25, 0.3) is 5.91 Å². The summed E-state index contributed by atoms with van der Waals surface area (Å²) in [4.78, 5) is 14.7. The lowest BCUT2D eigenvalue weighted by atomic mass is 10.1. The molecule has 1 heterocycles. The predicted octanol–water partition coefficient (Wildman–Crippen LogP) is 3.08. The third kappa shape index (κ3) is 4.01. The van der Waals surface area contributed by atoms with Crippen LogP contribution in [0.4, 0.5) is 0 Å². The molecule has 1 aliphatic rings. The summed E-state index contributed by atoms with van der Waals surface area (Å²) in [7, 11) is 0. The van der Waals surface area contributed by atoms with Gasteiger partial charge in [-0.15, -0.1) is 0 Å². The SMILES string of the molecule is N#Cc1ccc(C(=O)NCc2ccccc2CN2CCCC2)cc1. The number of benzene rings is 2. The highest BCUT2D eigenvalue weighted by Crippen LogP contribution is 2.16. The fraction of sp³-hybridized carbons (Fsp3) is 0.300. The lowest BCUT2D eigenvalue weighted by Crippen LogP contribution is -2.25. The number of hydrogen-bond donors (Lipinski definition) is 1. The van der Waals surface area contributed by atoms with Gasteiger partial charge in [-0.1, -0.05) is 24.3 Å². The molecule has 0 aromatic heterocycles. The molecule has 1 N–H and O–H groups in total. The lowest BCUT2D eigenvalue weighted by Gasteiger charge is -2.17. The van der Waals surface area contributed by atoms with Crippen molar-refractivity contribution >= 4 is 5.91 Å². The van der Waals surface area contributed by atoms with Crippen molar-refractivity contribution in [2.75, 3.05) is 13.1 Å². The quantitative estimate of drug-likeness (QED) is 0.921. The predicted molar refractivity (Wildman–Crippen MR) is 93.3 cm³/mol. The van der Waals surface area contributed by atoms with Crippen molar-refractivity contribution in [3.05, 3.63) is 70.8 Å². The zero-order valence-corrected chi connectivity index (χ0v) is 13.7. The van der Waals surface area contributed by atoms with Gasteiger partial charge in [-0.2, -0.15) is 5.26 Å². The summed E-state index contributed by atoms with van der Waals surface area (Å²) in [5, 5.41) is 11.8. The molecule has 0 saturated carbocycles. The smallest absolute Gasteiger partial charge is 0.251 e. The fourth-order valence-electron chi connectivity index (χ4n) is 3.04. The zero-order valence-electron chi connectivity index (χ0n) is 13.7. The summed E-state index contributed by atoms with van der Waals surface area (Å²) in [5.74, 6) is -0.115. The minimum absolute atomic E-state index is 0.115. The molecular formula is C20H21N3O. The Morgan fingerprint density at radius 1 is 1.04 bits per heavy atom. The third-order valence-corrected chi connectivity index (χ3v) is 4.43. The molecule has 2 aromatic rings. The molecule has 24 heavy (non-hydrogen) atoms. The molecule has 4 nitrogen and oxygen atoms in total. The third-order valence-electron chi connectivity index (χ3n) is 4.43. The standard InChI is InChI=1S/C20H21N3O/c21-13-16-7-9-17(10-8-16)20(24)22-14-18-5-1-2-6-19(18)15-23-11-3-4-12-23/h1-2,5-10H,3-4,11-12,14-15H2,(H,22,24). The molecule has 1 fully saturated rings. The molecule has 0 aliphatic carbocycles. The first-order valence-electron chi connectivity index (χ1n) is 8.34. The van der Waals surface area contributed by atoms with E-state index in [1.165, 1.54) is 18.4 Å². The Hall–Kier alpha value is -2.64. The van der Waals surface area contributed by atoms with Crippen LogP contribution in [0.2, 0.25) is 0 Å². The highest BCUT2D eigenvalue weighted by Gasteiger charge is 2.14. The Morgan fingerprint density at radius 3 is 2.38 bits per heavy atom. The van der Waals surface area contributed by atoms with Crippen molar-refractivity contribution < 1.29 is 4.79 Å². The summed E-state index contributed by atoms with van der Waals surface area (Å²) in [6, 6.07) is 17.0. The summed E-state index contributed by atoms with van der Waals surface area (Å²) < 4.78 is 0. The number of nitrogens with zero attached hydrogens (tertiary/aromatic N) is 2. The van der Waals surface area contributed by atoms with Gasteiger partial charge in [-0.05, 0) is 61.3 Å². The second-order valence-electron chi connectivity index (χ2n) is 6.12. The van der Waals surface area contributed by atoms with Crippen molar-refractivity contribution in [2.45, 2.75) is 25.9 Å². The van der Waals surface area contributed by atoms with Gasteiger partial charge in [0.2, 0.25) is 0 Å². The molecular weight excluding hydrogens is 298 g/mol. The van der Waals surface area contributed by atoms with Gasteiger partial charge in [-0.3, -0.25) is 9.69 Å². The molecule has 0 bridgehead atoms. The van der Waals surface area contributed by atoms with E-state index in [0.717, 1.165) is 25.2 Å². The van der Waals surface area contributed by atoms with Gasteiger partial charge in [0.15, 0.2) is 0 Å². The molecule has 122 valence electrons. The molecule has 0 atom stereocenters. The van der Waals surface area contributed by atoms with Gasteiger partial charge >= 0.3 is 0 Å². The number of nitrogens with one attached hydrogen (secondary N) is 1. The van der Waals surface area contributed by atoms with Crippen LogP contribution in [0.1, 0.15) is 39.9 Å². The van der Waals surface area contributed by atoms with Crippen molar-refractivity contribution in [2.24, 2.45) is 0 Å². The van der Waals surface area contributed by atoms with E-state index in [2.05, 4.69) is 34.5 Å². The number of likely N-dealkylation sites (tertiary alicyclic amines) is 1. The number of carbonyl (C=O) groups excluding carboxylic acids is 1. The molecule has 0 unspecified atom stereocenters. The minimum atomic E-state index is -0.115. The summed E-state index contributed by atoms with van der Waals surface area (Å²) in [6.45, 7) is 3.78. The summed E-state index contributed by atoms with van der Waals surface area (Å²) in [6.07, 6.45) is 2.55. The van der Waals surface area contributed by atoms with Gasteiger partial charge in [0.05, 0.1) is 11.6 Å². The van der Waals surface area contributed by atoms with E-state index in [9.17, 15) is 4.79 Å². The van der Waals surface area contributed by atoms with Crippen LogP contribution in [0.5, 0.6) is 0 Å². The molecule has 1 saturated heterocycles. The molecule has 0 spiro atoms. The fourth-order valence-corrected chi connectivity index (χ4v) is 3.04. The number of rotatable bonds is 5. The van der Waals surface area contributed by atoms with Gasteiger partial charge in [0, 0.05) is 18.7 Å². The first-order valence-corrected chi connectivity index (χ1v) is 8.34. The second-order valence-corrected chi connectivity index (χ2v) is 6.12. The zero-order chi connectivity index (χ0) is 16.8. The van der Waals surface area contributed by atoms with Gasteiger partial charge in [-0.25, -0.2) is 0 Å². The van der Waals surface area contributed by atoms with Gasteiger partial charge < -0.3 is 5.32 Å². The highest BCUT2D eigenvalue weighted by molar-refractivity contribution is 5.94. The molecule has 0 radical (unpaired) electrons. The Labute approximate surface area is 142 Å². The van der Waals surface area contributed by atoms with Crippen LogP contribution in [0.25, 0.3) is 0 Å². The Bertz CT molecular complexity index is 740. The van der Waals surface area contributed by atoms with Gasteiger partial charge in [0.1, 0.15) is 0 Å². The second kappa shape index (κ2) is 7.76. The van der Waals surface area contributed by atoms with E-state index in [0.29, 0.717) is 17.7 Å². The molecule has 1 amide bonds. The van der Waals surface area contributed by atoms with Crippen LogP contribution >= 0.6 is 0 Å². The first-order chi connectivity index (χ1) is 11.8. The summed E-state index contributed by atoms with van der Waals surface area (Å²) in [5.41, 5.74) is 3.57. The van der Waals surface area contributed by atoms with Crippen LogP contribution in [-0.2, 0) is 13.1 Å². The maximum absolute atomic E-state index is 12.3. The van der Waals surface area contributed by atoms with Crippen LogP contribution in [0.15, 0.2) is 48.5 Å². The monoisotopic (exact) mass is 319 g/mol. The van der Waals surface area contributed by atoms with Crippen molar-refractivity contribution in [1.29, 1.82) is 5.26 Å². The Balaban J connectivity index is 1.63. The van der Waals surface area contributed by atoms with E-state index in [1.807, 2.05) is 6.07 Å². The molecule has 4 heteroatoms. The van der Waals surface area contributed by atoms with Crippen molar-refractivity contribution in [3.8, 4) is 6.07 Å². The number of nitriles is 1. The lowest BCUT2D eigenvalue weighted by molar-refractivity contribution is 0.0951. The normalized spacial score (nSPS) is 14.3. The number of carbonyl (C=O) groups is 1. The average molecular weight is 319 g/mol. The highest BCUT2D eigenvalue weighted by atomic mass is 16.1. The average Bonchev–Trinajstić information content (AvgIpc) is 3.14. The van der Waals surface area contributed by atoms with Crippen molar-refractivity contribution in [3.63, 3.8) is 0 Å². The molecule has 2 aromatic carbocycles. The molecule has 1 aliphatic heterocycles. The van der Waals surface area contributed by atoms with E-state index >= 15 is 0 Å². The Morgan fingerprint density at radius 2 is 1.71 bits per heavy atom. The van der Waals surface area contributed by atoms with Crippen LogP contribution in [0, 0.1) is 11.3 Å². The topological polar surface area (TPSA) is 56.1 Å². The number of hydrogen-bond acceptors (Lipinski definition) is 3. The van der Waals surface area contributed by atoms with E-state index in [-0.39, 0.29) is 5.91 Å². The van der Waals surface area contributed by atoms with Crippen LogP contribution in [-0.4, -0.2) is 23.9 Å². The van der Waals surface area contributed by atoms with Crippen LogP contribution in [0.3, 0.4) is 0 Å². The van der Waals surface area contributed by atoms with Crippen molar-refractivity contribution in [1.82, 2.24) is 10.2 Å². The van der Waals surface area contributed by atoms with E-state index in [4.69, 9.17) is 5.26 Å². The maximum Gasteiger partial charge on any atom is 0.251 e. The van der Waals surface area contributed by atoms with Crippen LogP contribution < -0.4 is 5.32 Å². The number of amides is 1. The molecule has 3 rings (SSSR count). The maximum atomic E-state index is 12.3. The largest absolute Gasteiger partial charge is 0.348 e. The Kier molecular flexibility index (Phi) is 5.25. The van der Waals surface area contributed by atoms with E-state index < -0.39 is 0 Å². The minimum Gasteiger partial charge on any atom is -0.348 e. The summed E-state index contributed by atoms with van der Waals surface area (Å²) >= 11 is 0. The first kappa shape index (κ1) is 16.2.